The quantitative estimate of drug-likeness (QED) is 0.715. The topological polar surface area (TPSA) is 49.4 Å². The van der Waals surface area contributed by atoms with Crippen molar-refractivity contribution in [3.05, 3.63) is 59.1 Å². The van der Waals surface area contributed by atoms with Crippen molar-refractivity contribution >= 4 is 40.9 Å². The van der Waals surface area contributed by atoms with Crippen LogP contribution >= 0.6 is 23.4 Å². The molecule has 0 aliphatic carbocycles. The molecule has 1 heterocycles. The summed E-state index contributed by atoms with van der Waals surface area (Å²) in [6.45, 7) is 3.10. The van der Waals surface area contributed by atoms with Gasteiger partial charge in [0, 0.05) is 35.1 Å². The first-order valence-corrected chi connectivity index (χ1v) is 10.4. The summed E-state index contributed by atoms with van der Waals surface area (Å²) in [6, 6.07) is 15.3. The van der Waals surface area contributed by atoms with E-state index < -0.39 is 0 Å². The van der Waals surface area contributed by atoms with Gasteiger partial charge >= 0.3 is 0 Å². The Hall–Kier alpha value is -1.98. The number of nitrogens with one attached hydrogen (secondary N) is 1. The Morgan fingerprint density at radius 2 is 2.00 bits per heavy atom. The third kappa shape index (κ3) is 5.50. The van der Waals surface area contributed by atoms with Gasteiger partial charge in [-0.1, -0.05) is 23.7 Å². The van der Waals surface area contributed by atoms with Gasteiger partial charge in [0.2, 0.25) is 11.8 Å². The number of carbonyl (C=O) groups excluding carboxylic acids is 2. The number of piperidine rings is 1. The maximum atomic E-state index is 12.4. The van der Waals surface area contributed by atoms with E-state index in [9.17, 15) is 9.59 Å². The normalized spacial score (nSPS) is 15.5. The van der Waals surface area contributed by atoms with E-state index in [1.54, 1.807) is 0 Å². The predicted octanol–water partition coefficient (Wildman–Crippen LogP) is 4.65. The molecule has 1 aliphatic heterocycles. The average molecular weight is 403 g/mol. The summed E-state index contributed by atoms with van der Waals surface area (Å²) in [4.78, 5) is 27.4. The van der Waals surface area contributed by atoms with Crippen LogP contribution in [0.4, 0.5) is 5.69 Å². The third-order valence-electron chi connectivity index (χ3n) is 4.51. The van der Waals surface area contributed by atoms with E-state index in [0.29, 0.717) is 18.0 Å². The predicted molar refractivity (Wildman–Crippen MR) is 111 cm³/mol. The van der Waals surface area contributed by atoms with Gasteiger partial charge in [-0.05, 0) is 61.7 Å². The largest absolute Gasteiger partial charge is 0.351 e. The molecule has 142 valence electrons. The van der Waals surface area contributed by atoms with Crippen LogP contribution in [0.3, 0.4) is 0 Å². The van der Waals surface area contributed by atoms with E-state index in [4.69, 9.17) is 11.6 Å². The lowest BCUT2D eigenvalue weighted by molar-refractivity contribution is -0.120. The van der Waals surface area contributed by atoms with Crippen LogP contribution in [0.15, 0.2) is 53.4 Å². The van der Waals surface area contributed by atoms with Gasteiger partial charge in [0.25, 0.3) is 0 Å². The highest BCUT2D eigenvalue weighted by Crippen LogP contribution is 2.25. The van der Waals surface area contributed by atoms with Crippen molar-refractivity contribution in [1.82, 2.24) is 5.32 Å². The fourth-order valence-corrected chi connectivity index (χ4v) is 4.03. The Morgan fingerprint density at radius 1 is 1.22 bits per heavy atom. The molecule has 0 bridgehead atoms. The van der Waals surface area contributed by atoms with Crippen molar-refractivity contribution in [3.63, 3.8) is 0 Å². The molecular weight excluding hydrogens is 380 g/mol. The van der Waals surface area contributed by atoms with Crippen LogP contribution in [0.5, 0.6) is 0 Å². The average Bonchev–Trinajstić information content (AvgIpc) is 2.68. The number of carbonyl (C=O) groups is 2. The molecule has 1 N–H and O–H groups in total. The maximum absolute atomic E-state index is 12.4. The van der Waals surface area contributed by atoms with Gasteiger partial charge in [-0.15, -0.1) is 11.8 Å². The minimum absolute atomic E-state index is 0.0191. The summed E-state index contributed by atoms with van der Waals surface area (Å²) < 4.78 is 0. The van der Waals surface area contributed by atoms with Gasteiger partial charge in [0.05, 0.1) is 5.25 Å². The molecule has 0 saturated carbocycles. The Kier molecular flexibility index (Phi) is 6.80. The van der Waals surface area contributed by atoms with Gasteiger partial charge in [0.15, 0.2) is 0 Å². The number of amides is 2. The van der Waals surface area contributed by atoms with Gasteiger partial charge in [-0.25, -0.2) is 0 Å². The summed E-state index contributed by atoms with van der Waals surface area (Å²) in [5, 5.41) is 3.46. The van der Waals surface area contributed by atoms with Gasteiger partial charge in [-0.3, -0.25) is 9.59 Å². The van der Waals surface area contributed by atoms with Crippen molar-refractivity contribution in [2.75, 3.05) is 11.4 Å². The van der Waals surface area contributed by atoms with Gasteiger partial charge in [0.1, 0.15) is 0 Å². The Morgan fingerprint density at radius 3 is 2.74 bits per heavy atom. The Balaban J connectivity index is 1.56. The number of thioether (sulfide) groups is 1. The number of anilines is 1. The van der Waals surface area contributed by atoms with E-state index in [-0.39, 0.29) is 17.1 Å². The molecule has 0 spiro atoms. The second-order valence-electron chi connectivity index (χ2n) is 6.60. The van der Waals surface area contributed by atoms with Crippen molar-refractivity contribution in [1.29, 1.82) is 0 Å². The molecule has 0 radical (unpaired) electrons. The molecule has 1 saturated heterocycles. The first-order valence-electron chi connectivity index (χ1n) is 9.12. The molecule has 4 nitrogen and oxygen atoms in total. The highest BCUT2D eigenvalue weighted by Gasteiger charge is 2.20. The van der Waals surface area contributed by atoms with Gasteiger partial charge in [-0.2, -0.15) is 0 Å². The summed E-state index contributed by atoms with van der Waals surface area (Å²) in [6.07, 6.45) is 2.61. The number of hydrogen-bond donors (Lipinski definition) is 1. The fraction of sp³-hybridized carbons (Fsp3) is 0.333. The van der Waals surface area contributed by atoms with Crippen molar-refractivity contribution in [3.8, 4) is 0 Å². The van der Waals surface area contributed by atoms with Gasteiger partial charge < -0.3 is 10.2 Å². The van der Waals surface area contributed by atoms with E-state index >= 15 is 0 Å². The smallest absolute Gasteiger partial charge is 0.233 e. The molecule has 2 aromatic carbocycles. The van der Waals surface area contributed by atoms with Crippen LogP contribution in [0.25, 0.3) is 0 Å². The lowest BCUT2D eigenvalue weighted by Crippen LogP contribution is -2.35. The first kappa shape index (κ1) is 19.8. The summed E-state index contributed by atoms with van der Waals surface area (Å²) >= 11 is 7.39. The summed E-state index contributed by atoms with van der Waals surface area (Å²) in [5.74, 6) is 0.157. The Labute approximate surface area is 169 Å². The Bertz CT molecular complexity index is 810. The molecule has 0 aromatic heterocycles. The van der Waals surface area contributed by atoms with Crippen LogP contribution < -0.4 is 10.2 Å². The second kappa shape index (κ2) is 9.29. The van der Waals surface area contributed by atoms with Crippen molar-refractivity contribution in [2.45, 2.75) is 42.9 Å². The monoisotopic (exact) mass is 402 g/mol. The van der Waals surface area contributed by atoms with Crippen molar-refractivity contribution < 1.29 is 9.59 Å². The van der Waals surface area contributed by atoms with Crippen LogP contribution in [-0.4, -0.2) is 23.6 Å². The van der Waals surface area contributed by atoms with E-state index in [0.717, 1.165) is 35.5 Å². The molecule has 1 aliphatic rings. The minimum atomic E-state index is -0.210. The minimum Gasteiger partial charge on any atom is -0.351 e. The zero-order chi connectivity index (χ0) is 19.2. The molecule has 27 heavy (non-hydrogen) atoms. The third-order valence-corrected chi connectivity index (χ3v) is 5.87. The molecular formula is C21H23ClN2O2S. The van der Waals surface area contributed by atoms with E-state index in [1.165, 1.54) is 11.8 Å². The highest BCUT2D eigenvalue weighted by molar-refractivity contribution is 8.00. The molecule has 6 heteroatoms. The number of nitrogens with zero attached hydrogens (tertiary/aromatic N) is 1. The highest BCUT2D eigenvalue weighted by atomic mass is 35.5. The van der Waals surface area contributed by atoms with Crippen LogP contribution in [0, 0.1) is 0 Å². The van der Waals surface area contributed by atoms with Crippen LogP contribution in [0.1, 0.15) is 31.7 Å². The van der Waals surface area contributed by atoms with Crippen LogP contribution in [0.2, 0.25) is 5.02 Å². The van der Waals surface area contributed by atoms with Crippen LogP contribution in [-0.2, 0) is 16.1 Å². The number of halogens is 1. The molecule has 2 aromatic rings. The summed E-state index contributed by atoms with van der Waals surface area (Å²) in [7, 11) is 0. The lowest BCUT2D eigenvalue weighted by atomic mass is 10.1. The molecule has 2 amide bonds. The second-order valence-corrected chi connectivity index (χ2v) is 8.45. The molecule has 3 rings (SSSR count). The number of rotatable bonds is 6. The number of hydrogen-bond acceptors (Lipinski definition) is 3. The zero-order valence-electron chi connectivity index (χ0n) is 15.3. The fourth-order valence-electron chi connectivity index (χ4n) is 3.02. The number of benzene rings is 2. The first-order chi connectivity index (χ1) is 13.0. The molecule has 1 unspecified atom stereocenters. The SMILES string of the molecule is CC(Sc1ccc(Cl)cc1)C(=O)NCc1cccc(N2CCCCC2=O)c1. The molecule has 1 fully saturated rings. The summed E-state index contributed by atoms with van der Waals surface area (Å²) in [5.41, 5.74) is 1.90. The van der Waals surface area contributed by atoms with E-state index in [1.807, 2.05) is 60.4 Å². The molecule has 1 atom stereocenters. The maximum Gasteiger partial charge on any atom is 0.233 e. The zero-order valence-corrected chi connectivity index (χ0v) is 16.9. The van der Waals surface area contributed by atoms with Crippen molar-refractivity contribution in [2.24, 2.45) is 0 Å². The van der Waals surface area contributed by atoms with E-state index in [2.05, 4.69) is 5.32 Å². The standard InChI is InChI=1S/C21H23ClN2O2S/c1-15(27-19-10-8-17(22)9-11-19)21(26)23-14-16-5-4-6-18(13-16)24-12-3-2-7-20(24)25/h4-6,8-11,13,15H,2-3,7,12,14H2,1H3,(H,23,26). The lowest BCUT2D eigenvalue weighted by Gasteiger charge is -2.27.